The van der Waals surface area contributed by atoms with Crippen LogP contribution in [0.1, 0.15) is 0 Å². The van der Waals surface area contributed by atoms with Crippen LogP contribution in [0.3, 0.4) is 0 Å². The lowest BCUT2D eigenvalue weighted by Crippen LogP contribution is -1.95. The Hall–Kier alpha value is -2.99. The third-order valence-corrected chi connectivity index (χ3v) is 4.59. The second-order valence-electron chi connectivity index (χ2n) is 5.52. The van der Waals surface area contributed by atoms with E-state index >= 15 is 0 Å². The van der Waals surface area contributed by atoms with Crippen molar-refractivity contribution in [1.29, 1.82) is 0 Å². The smallest absolute Gasteiger partial charge is 0.259 e. The van der Waals surface area contributed by atoms with Crippen molar-refractivity contribution in [1.82, 2.24) is 15.1 Å². The molecular formula is C20H14BrN3O2. The summed E-state index contributed by atoms with van der Waals surface area (Å²) < 4.78 is 11.8. The van der Waals surface area contributed by atoms with E-state index in [1.807, 2.05) is 66.7 Å². The fraction of sp³-hybridized carbons (Fsp3) is 0.0500. The molecule has 26 heavy (non-hydrogen) atoms. The Balaban J connectivity index is 1.74. The van der Waals surface area contributed by atoms with E-state index in [2.05, 4.69) is 31.1 Å². The van der Waals surface area contributed by atoms with Crippen LogP contribution in [0.4, 0.5) is 0 Å². The topological polar surface area (TPSA) is 61.0 Å². The van der Waals surface area contributed by atoms with E-state index in [4.69, 9.17) is 9.26 Å². The van der Waals surface area contributed by atoms with E-state index in [1.165, 1.54) is 0 Å². The minimum atomic E-state index is 0.430. The number of halogens is 1. The molecule has 0 saturated carbocycles. The summed E-state index contributed by atoms with van der Waals surface area (Å²) in [5.41, 5.74) is 3.34. The molecule has 2 aromatic heterocycles. The summed E-state index contributed by atoms with van der Waals surface area (Å²) in [5, 5.41) is 4.09. The number of ether oxygens (including phenoxy) is 1. The predicted octanol–water partition coefficient (Wildman–Crippen LogP) is 5.24. The van der Waals surface area contributed by atoms with Crippen LogP contribution in [0.5, 0.6) is 5.88 Å². The Labute approximate surface area is 158 Å². The zero-order chi connectivity index (χ0) is 17.9. The lowest BCUT2D eigenvalue weighted by atomic mass is 10.1. The second kappa shape index (κ2) is 7.09. The molecule has 0 N–H and O–H groups in total. The van der Waals surface area contributed by atoms with Crippen LogP contribution < -0.4 is 4.74 Å². The molecule has 0 aliphatic carbocycles. The van der Waals surface area contributed by atoms with Crippen LogP contribution in [0.25, 0.3) is 34.1 Å². The summed E-state index contributed by atoms with van der Waals surface area (Å²) in [6.07, 6.45) is 0. The van der Waals surface area contributed by atoms with Crippen LogP contribution in [0.15, 0.2) is 75.7 Å². The number of aromatic nitrogens is 3. The van der Waals surface area contributed by atoms with Gasteiger partial charge in [0, 0.05) is 10.0 Å². The number of benzene rings is 2. The van der Waals surface area contributed by atoms with Gasteiger partial charge in [-0.25, -0.2) is 4.98 Å². The highest BCUT2D eigenvalue weighted by Gasteiger charge is 2.17. The molecule has 0 aliphatic heterocycles. The number of rotatable bonds is 4. The van der Waals surface area contributed by atoms with E-state index in [-0.39, 0.29) is 0 Å². The zero-order valence-corrected chi connectivity index (χ0v) is 15.5. The zero-order valence-electron chi connectivity index (χ0n) is 13.9. The van der Waals surface area contributed by atoms with Crippen LogP contribution in [-0.4, -0.2) is 22.2 Å². The fourth-order valence-electron chi connectivity index (χ4n) is 2.61. The van der Waals surface area contributed by atoms with Crippen LogP contribution in [-0.2, 0) is 0 Å². The van der Waals surface area contributed by atoms with Crippen LogP contribution in [0, 0.1) is 0 Å². The van der Waals surface area contributed by atoms with Gasteiger partial charge in [0.1, 0.15) is 0 Å². The molecule has 0 amide bonds. The molecule has 0 aliphatic rings. The maximum absolute atomic E-state index is 5.46. The fourth-order valence-corrected chi connectivity index (χ4v) is 3.07. The summed E-state index contributed by atoms with van der Waals surface area (Å²) in [4.78, 5) is 9.08. The molecule has 5 nitrogen and oxygen atoms in total. The maximum Gasteiger partial charge on any atom is 0.259 e. The Morgan fingerprint density at radius 1 is 0.846 bits per heavy atom. The molecule has 128 valence electrons. The standard InChI is InChI=1S/C20H14BrN3O2/c1-25-19-15(11-12-17(22-19)13-7-3-2-4-8-13)18-23-20(26-24-18)14-9-5-6-10-16(14)21/h2-12H,1H3. The van der Waals surface area contributed by atoms with Gasteiger partial charge >= 0.3 is 0 Å². The highest BCUT2D eigenvalue weighted by atomic mass is 79.9. The van der Waals surface area contributed by atoms with Gasteiger partial charge in [-0.15, -0.1) is 0 Å². The highest BCUT2D eigenvalue weighted by molar-refractivity contribution is 9.10. The van der Waals surface area contributed by atoms with Gasteiger partial charge in [0.25, 0.3) is 5.89 Å². The molecule has 0 spiro atoms. The molecule has 0 unspecified atom stereocenters. The summed E-state index contributed by atoms with van der Waals surface area (Å²) in [5.74, 6) is 1.31. The Morgan fingerprint density at radius 2 is 1.62 bits per heavy atom. The predicted molar refractivity (Wildman–Crippen MR) is 103 cm³/mol. The van der Waals surface area contributed by atoms with Crippen molar-refractivity contribution < 1.29 is 9.26 Å². The highest BCUT2D eigenvalue weighted by Crippen LogP contribution is 2.32. The number of hydrogen-bond acceptors (Lipinski definition) is 5. The maximum atomic E-state index is 5.46. The normalized spacial score (nSPS) is 10.7. The summed E-state index contributed by atoms with van der Waals surface area (Å²) >= 11 is 3.50. The van der Waals surface area contributed by atoms with Gasteiger partial charge in [0.2, 0.25) is 11.7 Å². The van der Waals surface area contributed by atoms with Gasteiger partial charge in [-0.05, 0) is 40.2 Å². The Kier molecular flexibility index (Phi) is 4.50. The molecule has 0 saturated heterocycles. The average Bonchev–Trinajstić information content (AvgIpc) is 3.18. The quantitative estimate of drug-likeness (QED) is 0.462. The lowest BCUT2D eigenvalue weighted by Gasteiger charge is -2.07. The summed E-state index contributed by atoms with van der Waals surface area (Å²) in [6, 6.07) is 21.4. The number of methoxy groups -OCH3 is 1. The molecular weight excluding hydrogens is 394 g/mol. The third-order valence-electron chi connectivity index (χ3n) is 3.89. The minimum absolute atomic E-state index is 0.430. The monoisotopic (exact) mass is 407 g/mol. The second-order valence-corrected chi connectivity index (χ2v) is 6.38. The Bertz CT molecular complexity index is 1050. The molecule has 4 rings (SSSR count). The first-order chi connectivity index (χ1) is 12.8. The number of nitrogens with zero attached hydrogens (tertiary/aromatic N) is 3. The third kappa shape index (κ3) is 3.11. The van der Waals surface area contributed by atoms with E-state index in [0.717, 1.165) is 21.3 Å². The van der Waals surface area contributed by atoms with Gasteiger partial charge in [-0.2, -0.15) is 4.98 Å². The van der Waals surface area contributed by atoms with Crippen LogP contribution in [0.2, 0.25) is 0 Å². The SMILES string of the molecule is COc1nc(-c2ccccc2)ccc1-c1noc(-c2ccccc2Br)n1. The molecule has 2 aromatic carbocycles. The molecule has 6 heteroatoms. The number of pyridine rings is 1. The number of hydrogen-bond donors (Lipinski definition) is 0. The van der Waals surface area contributed by atoms with Crippen molar-refractivity contribution in [3.8, 4) is 40.0 Å². The van der Waals surface area contributed by atoms with E-state index in [0.29, 0.717) is 23.2 Å². The first kappa shape index (κ1) is 16.5. The summed E-state index contributed by atoms with van der Waals surface area (Å²) in [6.45, 7) is 0. The van der Waals surface area contributed by atoms with Crippen molar-refractivity contribution >= 4 is 15.9 Å². The van der Waals surface area contributed by atoms with Crippen molar-refractivity contribution in [2.45, 2.75) is 0 Å². The molecule has 2 heterocycles. The van der Waals surface area contributed by atoms with Gasteiger partial charge < -0.3 is 9.26 Å². The van der Waals surface area contributed by atoms with Gasteiger partial charge in [0.05, 0.1) is 23.9 Å². The van der Waals surface area contributed by atoms with Gasteiger partial charge in [-0.1, -0.05) is 47.6 Å². The van der Waals surface area contributed by atoms with E-state index in [9.17, 15) is 0 Å². The van der Waals surface area contributed by atoms with Crippen LogP contribution >= 0.6 is 15.9 Å². The van der Waals surface area contributed by atoms with Crippen molar-refractivity contribution in [3.63, 3.8) is 0 Å². The molecule has 0 radical (unpaired) electrons. The lowest BCUT2D eigenvalue weighted by molar-refractivity contribution is 0.398. The van der Waals surface area contributed by atoms with Crippen molar-refractivity contribution in [2.75, 3.05) is 7.11 Å². The molecule has 0 bridgehead atoms. The molecule has 4 aromatic rings. The largest absolute Gasteiger partial charge is 0.480 e. The first-order valence-electron chi connectivity index (χ1n) is 7.95. The summed E-state index contributed by atoms with van der Waals surface area (Å²) in [7, 11) is 1.58. The Morgan fingerprint density at radius 3 is 2.38 bits per heavy atom. The van der Waals surface area contributed by atoms with E-state index in [1.54, 1.807) is 7.11 Å². The van der Waals surface area contributed by atoms with Crippen molar-refractivity contribution in [3.05, 3.63) is 71.2 Å². The van der Waals surface area contributed by atoms with Crippen molar-refractivity contribution in [2.24, 2.45) is 0 Å². The minimum Gasteiger partial charge on any atom is -0.480 e. The molecule has 0 atom stereocenters. The molecule has 0 fully saturated rings. The van der Waals surface area contributed by atoms with E-state index < -0.39 is 0 Å². The first-order valence-corrected chi connectivity index (χ1v) is 8.75. The van der Waals surface area contributed by atoms with Gasteiger partial charge in [0.15, 0.2) is 0 Å². The van der Waals surface area contributed by atoms with Gasteiger partial charge in [-0.3, -0.25) is 0 Å². The average molecular weight is 408 g/mol.